The molecule has 0 aliphatic rings. The van der Waals surface area contributed by atoms with Crippen LogP contribution in [0.1, 0.15) is 39.2 Å². The van der Waals surface area contributed by atoms with E-state index in [2.05, 4.69) is 15.5 Å². The number of aromatic nitrogens is 4. The summed E-state index contributed by atoms with van der Waals surface area (Å²) in [5.74, 6) is -0.739. The summed E-state index contributed by atoms with van der Waals surface area (Å²) in [6.45, 7) is 5.84. The highest BCUT2D eigenvalue weighted by Gasteiger charge is 2.19. The molecule has 0 atom stereocenters. The third-order valence-electron chi connectivity index (χ3n) is 5.19. The molecule has 2 heterocycles. The number of anilines is 1. The Hall–Kier alpha value is -4.20. The van der Waals surface area contributed by atoms with Crippen LogP contribution in [0, 0.1) is 13.8 Å². The molecule has 0 unspecified atom stereocenters. The zero-order chi connectivity index (χ0) is 23.5. The Bertz CT molecular complexity index is 1340. The van der Waals surface area contributed by atoms with Gasteiger partial charge in [-0.3, -0.25) is 9.48 Å². The van der Waals surface area contributed by atoms with Crippen molar-refractivity contribution in [3.8, 4) is 16.9 Å². The number of nitrogens with zero attached hydrogens (tertiary/aromatic N) is 4. The Morgan fingerprint density at radius 3 is 2.48 bits per heavy atom. The van der Waals surface area contributed by atoms with Gasteiger partial charge in [-0.25, -0.2) is 9.48 Å². The van der Waals surface area contributed by atoms with Crippen LogP contribution in [0.25, 0.3) is 16.9 Å². The second-order valence-electron chi connectivity index (χ2n) is 7.66. The van der Waals surface area contributed by atoms with Crippen LogP contribution in [-0.4, -0.2) is 38.0 Å². The lowest BCUT2D eigenvalue weighted by Gasteiger charge is -2.12. The lowest BCUT2D eigenvalue weighted by Crippen LogP contribution is -2.16. The molecular weight excluding hydrogens is 418 g/mol. The van der Waals surface area contributed by atoms with Gasteiger partial charge in [0.05, 0.1) is 23.7 Å². The van der Waals surface area contributed by atoms with E-state index in [0.717, 1.165) is 22.5 Å². The number of benzene rings is 2. The van der Waals surface area contributed by atoms with Crippen molar-refractivity contribution >= 4 is 17.6 Å². The first-order valence-electron chi connectivity index (χ1n) is 10.6. The molecule has 33 heavy (non-hydrogen) atoms. The van der Waals surface area contributed by atoms with Crippen LogP contribution in [0.3, 0.4) is 0 Å². The van der Waals surface area contributed by atoms with E-state index in [0.29, 0.717) is 17.1 Å². The average molecular weight is 444 g/mol. The molecular formula is C25H25N5O3. The molecule has 0 bridgehead atoms. The fraction of sp³-hybridized carbons (Fsp3) is 0.200. The SMILES string of the molecule is CCOC(=O)c1cc(-c2cccc(NC(=O)c3cc(C)nn3C)c2)n(-c2ccccc2C)n1. The zero-order valence-electron chi connectivity index (χ0n) is 19.0. The number of ether oxygens (including phenoxy) is 1. The van der Waals surface area contributed by atoms with E-state index in [1.54, 1.807) is 35.5 Å². The maximum absolute atomic E-state index is 12.7. The summed E-state index contributed by atoms with van der Waals surface area (Å²) < 4.78 is 8.43. The normalized spacial score (nSPS) is 10.8. The summed E-state index contributed by atoms with van der Waals surface area (Å²) in [6.07, 6.45) is 0. The number of amides is 1. The molecule has 4 aromatic rings. The maximum atomic E-state index is 12.7. The van der Waals surface area contributed by atoms with Crippen molar-refractivity contribution < 1.29 is 14.3 Å². The minimum atomic E-state index is -0.484. The first kappa shape index (κ1) is 22.0. The molecule has 1 amide bonds. The minimum Gasteiger partial charge on any atom is -0.461 e. The van der Waals surface area contributed by atoms with E-state index < -0.39 is 5.97 Å². The molecule has 0 saturated carbocycles. The van der Waals surface area contributed by atoms with Gasteiger partial charge in [-0.15, -0.1) is 0 Å². The number of carbonyl (C=O) groups is 2. The zero-order valence-corrected chi connectivity index (χ0v) is 19.0. The van der Waals surface area contributed by atoms with Crippen LogP contribution < -0.4 is 5.32 Å². The highest BCUT2D eigenvalue weighted by Crippen LogP contribution is 2.28. The quantitative estimate of drug-likeness (QED) is 0.448. The third-order valence-corrected chi connectivity index (χ3v) is 5.19. The predicted molar refractivity (Wildman–Crippen MR) is 126 cm³/mol. The number of para-hydroxylation sites is 1. The monoisotopic (exact) mass is 443 g/mol. The Morgan fingerprint density at radius 2 is 1.79 bits per heavy atom. The van der Waals surface area contributed by atoms with Crippen LogP contribution >= 0.6 is 0 Å². The molecule has 1 N–H and O–H groups in total. The number of nitrogens with one attached hydrogen (secondary N) is 1. The summed E-state index contributed by atoms with van der Waals surface area (Å²) in [5, 5.41) is 11.7. The summed E-state index contributed by atoms with van der Waals surface area (Å²) >= 11 is 0. The predicted octanol–water partition coefficient (Wildman–Crippen LogP) is 4.32. The average Bonchev–Trinajstić information content (AvgIpc) is 3.37. The van der Waals surface area contributed by atoms with Crippen LogP contribution in [0.4, 0.5) is 5.69 Å². The number of carbonyl (C=O) groups excluding carboxylic acids is 2. The smallest absolute Gasteiger partial charge is 0.358 e. The molecule has 0 radical (unpaired) electrons. The van der Waals surface area contributed by atoms with Crippen molar-refractivity contribution in [2.45, 2.75) is 20.8 Å². The Balaban J connectivity index is 1.74. The van der Waals surface area contributed by atoms with Gasteiger partial charge in [0, 0.05) is 18.3 Å². The first-order valence-corrected chi connectivity index (χ1v) is 10.6. The molecule has 8 heteroatoms. The molecule has 0 spiro atoms. The third kappa shape index (κ3) is 4.55. The highest BCUT2D eigenvalue weighted by atomic mass is 16.5. The van der Waals surface area contributed by atoms with Gasteiger partial charge in [0.25, 0.3) is 5.91 Å². The van der Waals surface area contributed by atoms with Gasteiger partial charge >= 0.3 is 5.97 Å². The first-order chi connectivity index (χ1) is 15.9. The van der Waals surface area contributed by atoms with Gasteiger partial charge in [-0.05, 0) is 56.7 Å². The molecule has 4 rings (SSSR count). The lowest BCUT2D eigenvalue weighted by molar-refractivity contribution is 0.0519. The second kappa shape index (κ2) is 9.12. The van der Waals surface area contributed by atoms with Crippen molar-refractivity contribution in [1.29, 1.82) is 0 Å². The second-order valence-corrected chi connectivity index (χ2v) is 7.66. The minimum absolute atomic E-state index is 0.218. The van der Waals surface area contributed by atoms with E-state index in [1.807, 2.05) is 62.4 Å². The maximum Gasteiger partial charge on any atom is 0.358 e. The Labute approximate surface area is 191 Å². The van der Waals surface area contributed by atoms with Crippen LogP contribution in [0.5, 0.6) is 0 Å². The lowest BCUT2D eigenvalue weighted by atomic mass is 10.1. The number of aryl methyl sites for hydroxylation is 3. The topological polar surface area (TPSA) is 91.0 Å². The molecule has 8 nitrogen and oxygen atoms in total. The van der Waals surface area contributed by atoms with E-state index >= 15 is 0 Å². The standard InChI is InChI=1S/C25H25N5O3/c1-5-33-25(32)20-15-22(30(28-20)21-12-7-6-9-16(21)2)18-10-8-11-19(14-18)26-24(31)23-13-17(3)27-29(23)4/h6-15H,5H2,1-4H3,(H,26,31). The molecule has 0 fully saturated rings. The van der Waals surface area contributed by atoms with Gasteiger partial charge in [0.2, 0.25) is 0 Å². The fourth-order valence-electron chi connectivity index (χ4n) is 3.65. The number of rotatable bonds is 6. The van der Waals surface area contributed by atoms with Gasteiger partial charge in [0.1, 0.15) is 5.69 Å². The van der Waals surface area contributed by atoms with Crippen molar-refractivity contribution in [3.05, 3.63) is 83.3 Å². The molecule has 0 aliphatic heterocycles. The number of hydrogen-bond donors (Lipinski definition) is 1. The number of hydrogen-bond acceptors (Lipinski definition) is 5. The van der Waals surface area contributed by atoms with Crippen molar-refractivity contribution in [2.75, 3.05) is 11.9 Å². The van der Waals surface area contributed by atoms with Crippen LogP contribution in [0.15, 0.2) is 60.7 Å². The molecule has 0 saturated heterocycles. The highest BCUT2D eigenvalue weighted by molar-refractivity contribution is 6.03. The van der Waals surface area contributed by atoms with Crippen molar-refractivity contribution in [3.63, 3.8) is 0 Å². The van der Waals surface area contributed by atoms with Gasteiger partial charge in [-0.1, -0.05) is 30.3 Å². The van der Waals surface area contributed by atoms with Gasteiger partial charge in [-0.2, -0.15) is 10.2 Å². The van der Waals surface area contributed by atoms with E-state index in [1.165, 1.54) is 0 Å². The summed E-state index contributed by atoms with van der Waals surface area (Å²) in [7, 11) is 1.73. The Morgan fingerprint density at radius 1 is 1.00 bits per heavy atom. The molecule has 2 aromatic heterocycles. The Kier molecular flexibility index (Phi) is 6.08. The number of esters is 1. The van der Waals surface area contributed by atoms with Gasteiger partial charge < -0.3 is 10.1 Å². The van der Waals surface area contributed by atoms with E-state index in [-0.39, 0.29) is 18.2 Å². The molecule has 2 aromatic carbocycles. The molecule has 168 valence electrons. The van der Waals surface area contributed by atoms with E-state index in [9.17, 15) is 9.59 Å². The summed E-state index contributed by atoms with van der Waals surface area (Å²) in [5.41, 5.74) is 5.43. The van der Waals surface area contributed by atoms with Crippen molar-refractivity contribution in [2.24, 2.45) is 7.05 Å². The van der Waals surface area contributed by atoms with E-state index in [4.69, 9.17) is 4.74 Å². The summed E-state index contributed by atoms with van der Waals surface area (Å²) in [4.78, 5) is 25.1. The van der Waals surface area contributed by atoms with Gasteiger partial charge in [0.15, 0.2) is 5.69 Å². The van der Waals surface area contributed by atoms with Crippen LogP contribution in [-0.2, 0) is 11.8 Å². The molecule has 0 aliphatic carbocycles. The van der Waals surface area contributed by atoms with Crippen molar-refractivity contribution in [1.82, 2.24) is 19.6 Å². The van der Waals surface area contributed by atoms with Crippen LogP contribution in [0.2, 0.25) is 0 Å². The summed E-state index contributed by atoms with van der Waals surface area (Å²) in [6, 6.07) is 18.6. The largest absolute Gasteiger partial charge is 0.461 e. The fourth-order valence-corrected chi connectivity index (χ4v) is 3.65.